The van der Waals surface area contributed by atoms with Crippen molar-refractivity contribution >= 4 is 27.5 Å². The zero-order chi connectivity index (χ0) is 30.4. The third-order valence-corrected chi connectivity index (χ3v) is 7.81. The number of rotatable bonds is 10. The van der Waals surface area contributed by atoms with E-state index in [0.717, 1.165) is 27.3 Å². The molecule has 2 amide bonds. The van der Waals surface area contributed by atoms with E-state index in [-0.39, 0.29) is 24.3 Å². The van der Waals surface area contributed by atoms with Gasteiger partial charge in [-0.2, -0.15) is 0 Å². The second kappa shape index (κ2) is 12.9. The molecule has 3 aromatic rings. The van der Waals surface area contributed by atoms with Crippen LogP contribution in [0.25, 0.3) is 0 Å². The number of nitrogens with zero attached hydrogens (tertiary/aromatic N) is 2. The molecule has 1 N–H and O–H groups in total. The molecule has 0 saturated carbocycles. The molecule has 0 spiro atoms. The highest BCUT2D eigenvalue weighted by molar-refractivity contribution is 7.92. The van der Waals surface area contributed by atoms with Crippen molar-refractivity contribution in [3.63, 3.8) is 0 Å². The molecule has 41 heavy (non-hydrogen) atoms. The largest absolute Gasteiger partial charge is 0.350 e. The first-order valence-electron chi connectivity index (χ1n) is 13.8. The molecular weight excluding hydrogens is 534 g/mol. The van der Waals surface area contributed by atoms with E-state index in [9.17, 15) is 18.0 Å². The molecule has 0 fully saturated rings. The van der Waals surface area contributed by atoms with Gasteiger partial charge in [-0.25, -0.2) is 8.42 Å². The Hall–Kier alpha value is -3.65. The topological polar surface area (TPSA) is 86.8 Å². The highest BCUT2D eigenvalue weighted by Crippen LogP contribution is 2.26. The summed E-state index contributed by atoms with van der Waals surface area (Å²) in [4.78, 5) is 29.4. The van der Waals surface area contributed by atoms with Gasteiger partial charge in [-0.15, -0.1) is 0 Å². The van der Waals surface area contributed by atoms with Crippen LogP contribution in [-0.4, -0.2) is 49.5 Å². The maximum absolute atomic E-state index is 14.1. The Labute approximate surface area is 245 Å². The Balaban J connectivity index is 2.05. The van der Waals surface area contributed by atoms with E-state index in [4.69, 9.17) is 0 Å². The summed E-state index contributed by atoms with van der Waals surface area (Å²) in [6.07, 6.45) is 1.37. The number of benzene rings is 3. The molecular formula is C33H43N3O4S. The van der Waals surface area contributed by atoms with E-state index < -0.39 is 34.1 Å². The van der Waals surface area contributed by atoms with Crippen LogP contribution >= 0.6 is 0 Å². The van der Waals surface area contributed by atoms with Crippen LogP contribution in [0.3, 0.4) is 0 Å². The number of nitrogens with one attached hydrogen (secondary N) is 1. The molecule has 0 radical (unpaired) electrons. The van der Waals surface area contributed by atoms with Crippen LogP contribution in [0.5, 0.6) is 0 Å². The average Bonchev–Trinajstić information content (AvgIpc) is 2.88. The number of amides is 2. The van der Waals surface area contributed by atoms with E-state index in [2.05, 4.69) is 26.1 Å². The Kier molecular flexibility index (Phi) is 10.0. The fourth-order valence-electron chi connectivity index (χ4n) is 4.53. The Morgan fingerprint density at radius 3 is 1.76 bits per heavy atom. The maximum Gasteiger partial charge on any atom is 0.244 e. The van der Waals surface area contributed by atoms with Crippen LogP contribution in [0, 0.1) is 0 Å². The summed E-state index contributed by atoms with van der Waals surface area (Å²) < 4.78 is 27.1. The number of hydrogen-bond acceptors (Lipinski definition) is 4. The van der Waals surface area contributed by atoms with Crippen molar-refractivity contribution in [2.45, 2.75) is 71.5 Å². The van der Waals surface area contributed by atoms with E-state index in [1.807, 2.05) is 93.6 Å². The van der Waals surface area contributed by atoms with Crippen molar-refractivity contribution in [3.8, 4) is 0 Å². The summed E-state index contributed by atoms with van der Waals surface area (Å²) >= 11 is 0. The zero-order valence-electron chi connectivity index (χ0n) is 25.2. The normalized spacial score (nSPS) is 12.9. The molecule has 0 heterocycles. The minimum absolute atomic E-state index is 0.109. The number of carbonyl (C=O) groups is 2. The van der Waals surface area contributed by atoms with Gasteiger partial charge < -0.3 is 10.2 Å². The highest BCUT2D eigenvalue weighted by Gasteiger charge is 2.34. The molecule has 220 valence electrons. The van der Waals surface area contributed by atoms with E-state index in [1.165, 1.54) is 4.90 Å². The van der Waals surface area contributed by atoms with Crippen LogP contribution < -0.4 is 9.62 Å². The lowest BCUT2D eigenvalue weighted by atomic mass is 9.87. The molecule has 1 atom stereocenters. The number of anilines is 1. The van der Waals surface area contributed by atoms with Gasteiger partial charge in [0.2, 0.25) is 21.8 Å². The van der Waals surface area contributed by atoms with Gasteiger partial charge in [0, 0.05) is 18.5 Å². The summed E-state index contributed by atoms with van der Waals surface area (Å²) in [6.45, 7) is 11.6. The van der Waals surface area contributed by atoms with E-state index in [0.29, 0.717) is 5.69 Å². The van der Waals surface area contributed by atoms with Crippen LogP contribution in [0.1, 0.15) is 58.2 Å². The smallest absolute Gasteiger partial charge is 0.244 e. The second-order valence-corrected chi connectivity index (χ2v) is 14.4. The fraction of sp³-hybridized carbons (Fsp3) is 0.394. The van der Waals surface area contributed by atoms with Crippen molar-refractivity contribution in [3.05, 3.63) is 102 Å². The summed E-state index contributed by atoms with van der Waals surface area (Å²) in [6, 6.07) is 25.3. The Morgan fingerprint density at radius 2 is 1.29 bits per heavy atom. The Morgan fingerprint density at radius 1 is 0.780 bits per heavy atom. The van der Waals surface area contributed by atoms with Gasteiger partial charge in [0.15, 0.2) is 0 Å². The molecule has 0 saturated heterocycles. The molecule has 3 aromatic carbocycles. The molecule has 0 aliphatic rings. The predicted molar refractivity (Wildman–Crippen MR) is 166 cm³/mol. The SMILES string of the molecule is CC(C)(C)NC(=O)[C@H](Cc1ccccc1)N(Cc1ccccc1)C(=O)CN(c1ccc(C(C)(C)C)cc1)S(C)(=O)=O. The zero-order valence-corrected chi connectivity index (χ0v) is 26.0. The van der Waals surface area contributed by atoms with Crippen molar-refractivity contribution in [1.82, 2.24) is 10.2 Å². The van der Waals surface area contributed by atoms with E-state index >= 15 is 0 Å². The third-order valence-electron chi connectivity index (χ3n) is 6.67. The molecule has 0 bridgehead atoms. The van der Waals surface area contributed by atoms with Crippen LogP contribution in [0.2, 0.25) is 0 Å². The standard InChI is InChI=1S/C33H43N3O4S/c1-32(2,3)27-18-20-28(21-19-27)36(41(7,39)40)24-30(37)35(23-26-16-12-9-13-17-26)29(31(38)34-33(4,5)6)22-25-14-10-8-11-15-25/h8-21,29H,22-24H2,1-7H3,(H,34,38)/t29-/m0/s1. The summed E-state index contributed by atoms with van der Waals surface area (Å²) in [7, 11) is -3.82. The minimum atomic E-state index is -3.82. The molecule has 0 aliphatic carbocycles. The molecule has 8 heteroatoms. The van der Waals surface area contributed by atoms with Gasteiger partial charge >= 0.3 is 0 Å². The first-order valence-corrected chi connectivity index (χ1v) is 15.7. The highest BCUT2D eigenvalue weighted by atomic mass is 32.2. The van der Waals surface area contributed by atoms with Gasteiger partial charge in [-0.05, 0) is 55.0 Å². The minimum Gasteiger partial charge on any atom is -0.350 e. The summed E-state index contributed by atoms with van der Waals surface area (Å²) in [5.41, 5.74) is 2.54. The number of hydrogen-bond donors (Lipinski definition) is 1. The average molecular weight is 578 g/mol. The molecule has 0 aromatic heterocycles. The number of carbonyl (C=O) groups excluding carboxylic acids is 2. The molecule has 0 aliphatic heterocycles. The first kappa shape index (κ1) is 31.9. The van der Waals surface area contributed by atoms with Crippen LogP contribution in [-0.2, 0) is 38.0 Å². The van der Waals surface area contributed by atoms with Gasteiger partial charge in [0.25, 0.3) is 0 Å². The first-order chi connectivity index (χ1) is 19.0. The van der Waals surface area contributed by atoms with Crippen molar-refractivity contribution < 1.29 is 18.0 Å². The van der Waals surface area contributed by atoms with Crippen molar-refractivity contribution in [1.29, 1.82) is 0 Å². The van der Waals surface area contributed by atoms with Crippen molar-refractivity contribution in [2.75, 3.05) is 17.1 Å². The maximum atomic E-state index is 14.1. The number of sulfonamides is 1. The molecule has 0 unspecified atom stereocenters. The van der Waals surface area contributed by atoms with Gasteiger partial charge in [-0.3, -0.25) is 13.9 Å². The second-order valence-electron chi connectivity index (χ2n) is 12.5. The summed E-state index contributed by atoms with van der Waals surface area (Å²) in [5.74, 6) is -0.768. The fourth-order valence-corrected chi connectivity index (χ4v) is 5.38. The van der Waals surface area contributed by atoms with Crippen LogP contribution in [0.15, 0.2) is 84.9 Å². The molecule has 3 rings (SSSR count). The summed E-state index contributed by atoms with van der Waals surface area (Å²) in [5, 5.41) is 3.03. The lowest BCUT2D eigenvalue weighted by Crippen LogP contribution is -2.56. The quantitative estimate of drug-likeness (QED) is 0.354. The lowest BCUT2D eigenvalue weighted by molar-refractivity contribution is -0.140. The Bertz CT molecular complexity index is 1410. The van der Waals surface area contributed by atoms with Gasteiger partial charge in [0.05, 0.1) is 11.9 Å². The molecule has 7 nitrogen and oxygen atoms in total. The monoisotopic (exact) mass is 577 g/mol. The lowest BCUT2D eigenvalue weighted by Gasteiger charge is -2.35. The van der Waals surface area contributed by atoms with Crippen LogP contribution in [0.4, 0.5) is 5.69 Å². The van der Waals surface area contributed by atoms with Gasteiger partial charge in [-0.1, -0.05) is 93.6 Å². The van der Waals surface area contributed by atoms with E-state index in [1.54, 1.807) is 12.1 Å². The third kappa shape index (κ3) is 9.46. The predicted octanol–water partition coefficient (Wildman–Crippen LogP) is 5.30. The van der Waals surface area contributed by atoms with Crippen molar-refractivity contribution in [2.24, 2.45) is 0 Å². The van der Waals surface area contributed by atoms with Gasteiger partial charge in [0.1, 0.15) is 12.6 Å².